The van der Waals surface area contributed by atoms with Crippen molar-refractivity contribution in [3.05, 3.63) is 11.0 Å². The summed E-state index contributed by atoms with van der Waals surface area (Å²) in [6.45, 7) is 1.24. The molecular weight excluding hydrogens is 244 g/mol. The molecule has 0 radical (unpaired) electrons. The number of carbonyl (C=O) groups is 1. The summed E-state index contributed by atoms with van der Waals surface area (Å²) in [5.74, 6) is -0.872. The fourth-order valence-corrected chi connectivity index (χ4v) is 3.11. The van der Waals surface area contributed by atoms with Crippen molar-refractivity contribution in [3.63, 3.8) is 0 Å². The number of hydrogen-bond donors (Lipinski definition) is 1. The van der Waals surface area contributed by atoms with E-state index < -0.39 is 41.5 Å². The molecule has 1 rings (SSSR count). The highest BCUT2D eigenvalue weighted by Crippen LogP contribution is 2.19. The molecule has 0 aromatic rings. The maximum atomic E-state index is 11.3. The van der Waals surface area contributed by atoms with Crippen LogP contribution in [0.25, 0.3) is 0 Å². The minimum atomic E-state index is -4.23. The van der Waals surface area contributed by atoms with E-state index in [0.717, 1.165) is 6.08 Å². The van der Waals surface area contributed by atoms with Crippen LogP contribution in [-0.2, 0) is 24.7 Å². The summed E-state index contributed by atoms with van der Waals surface area (Å²) in [4.78, 5) is 10.4. The molecule has 0 fully saturated rings. The Morgan fingerprint density at radius 2 is 2.07 bits per heavy atom. The minimum Gasteiger partial charge on any atom is -0.383 e. The Hall–Kier alpha value is -1.22. The standard InChI is InChI=1S/C6H8N2O5S2/c1-2-14(10,11)6(9)4-3-5(7)8-15(4,12)13/h3H,2H2,1H3,(H2,7,8). The fourth-order valence-electron chi connectivity index (χ4n) is 0.872. The molecule has 0 aromatic carbocycles. The van der Waals surface area contributed by atoms with E-state index >= 15 is 0 Å². The number of nitrogens with zero attached hydrogens (tertiary/aromatic N) is 1. The second-order valence-corrected chi connectivity index (χ2v) is 6.44. The van der Waals surface area contributed by atoms with Gasteiger partial charge in [-0.15, -0.1) is 4.40 Å². The predicted octanol–water partition coefficient (Wildman–Crippen LogP) is -1.47. The molecule has 9 heteroatoms. The Kier molecular flexibility index (Phi) is 2.70. The molecule has 0 unspecified atom stereocenters. The van der Waals surface area contributed by atoms with Gasteiger partial charge >= 0.3 is 0 Å². The van der Waals surface area contributed by atoms with Crippen LogP contribution >= 0.6 is 0 Å². The molecule has 0 bridgehead atoms. The molecule has 0 aromatic heterocycles. The van der Waals surface area contributed by atoms with Gasteiger partial charge in [0, 0.05) is 6.08 Å². The first-order valence-corrected chi connectivity index (χ1v) is 6.89. The number of carbonyl (C=O) groups excluding carboxylic acids is 1. The smallest absolute Gasteiger partial charge is 0.290 e. The second-order valence-electron chi connectivity index (χ2n) is 2.69. The monoisotopic (exact) mass is 252 g/mol. The van der Waals surface area contributed by atoms with Crippen LogP contribution in [0.1, 0.15) is 6.92 Å². The van der Waals surface area contributed by atoms with Crippen molar-refractivity contribution in [1.29, 1.82) is 0 Å². The first kappa shape index (κ1) is 11.9. The third kappa shape index (κ3) is 2.07. The highest BCUT2D eigenvalue weighted by atomic mass is 32.2. The van der Waals surface area contributed by atoms with E-state index in [0.29, 0.717) is 0 Å². The molecule has 1 aliphatic rings. The molecule has 2 N–H and O–H groups in total. The van der Waals surface area contributed by atoms with Crippen molar-refractivity contribution in [2.24, 2.45) is 10.1 Å². The zero-order valence-electron chi connectivity index (χ0n) is 7.67. The Labute approximate surface area is 86.7 Å². The van der Waals surface area contributed by atoms with Gasteiger partial charge in [-0.3, -0.25) is 4.79 Å². The highest BCUT2D eigenvalue weighted by molar-refractivity contribution is 8.10. The fraction of sp³-hybridized carbons (Fsp3) is 0.333. The van der Waals surface area contributed by atoms with Crippen LogP contribution in [0.2, 0.25) is 0 Å². The van der Waals surface area contributed by atoms with Crippen molar-refractivity contribution >= 4 is 30.8 Å². The summed E-state index contributed by atoms with van der Waals surface area (Å²) >= 11 is 0. The van der Waals surface area contributed by atoms with Gasteiger partial charge in [0.25, 0.3) is 15.1 Å². The Balaban J connectivity index is 3.27. The molecule has 84 valence electrons. The lowest BCUT2D eigenvalue weighted by molar-refractivity contribution is -0.108. The summed E-state index contributed by atoms with van der Waals surface area (Å²) in [5.41, 5.74) is 5.07. The zero-order chi connectivity index (χ0) is 11.9. The van der Waals surface area contributed by atoms with Crippen molar-refractivity contribution in [2.45, 2.75) is 6.92 Å². The van der Waals surface area contributed by atoms with Gasteiger partial charge in [-0.25, -0.2) is 8.42 Å². The van der Waals surface area contributed by atoms with Gasteiger partial charge in [0.2, 0.25) is 9.84 Å². The lowest BCUT2D eigenvalue weighted by Gasteiger charge is -1.99. The van der Waals surface area contributed by atoms with Gasteiger partial charge in [0.1, 0.15) is 5.84 Å². The summed E-state index contributed by atoms with van der Waals surface area (Å²) in [6.07, 6.45) is 0.741. The molecular formula is C6H8N2O5S2. The first-order valence-electron chi connectivity index (χ1n) is 3.80. The normalized spacial score (nSPS) is 19.5. The van der Waals surface area contributed by atoms with E-state index in [1.54, 1.807) is 0 Å². The average molecular weight is 252 g/mol. The van der Waals surface area contributed by atoms with Crippen LogP contribution in [-0.4, -0.2) is 33.5 Å². The molecule has 0 spiro atoms. The second kappa shape index (κ2) is 3.42. The SMILES string of the molecule is CCS(=O)(=O)C(=O)C1=CC(N)=NS1(=O)=O. The molecule has 0 saturated heterocycles. The Morgan fingerprint density at radius 3 is 2.40 bits per heavy atom. The van der Waals surface area contributed by atoms with Gasteiger partial charge in [0.05, 0.1) is 5.75 Å². The largest absolute Gasteiger partial charge is 0.383 e. The number of nitrogens with two attached hydrogens (primary N) is 1. The minimum absolute atomic E-state index is 0.398. The molecule has 15 heavy (non-hydrogen) atoms. The number of hydrogen-bond acceptors (Lipinski definition) is 6. The highest BCUT2D eigenvalue weighted by Gasteiger charge is 2.36. The third-order valence-electron chi connectivity index (χ3n) is 1.65. The molecule has 0 atom stereocenters. The van der Waals surface area contributed by atoms with Crippen LogP contribution in [0.3, 0.4) is 0 Å². The van der Waals surface area contributed by atoms with Crippen LogP contribution in [0, 0.1) is 0 Å². The Bertz CT molecular complexity index is 567. The lowest BCUT2D eigenvalue weighted by atomic mass is 10.5. The van der Waals surface area contributed by atoms with Gasteiger partial charge < -0.3 is 5.73 Å². The van der Waals surface area contributed by atoms with Gasteiger partial charge in [-0.1, -0.05) is 6.92 Å². The van der Waals surface area contributed by atoms with Crippen LogP contribution in [0.15, 0.2) is 15.4 Å². The molecule has 0 aliphatic carbocycles. The molecule has 7 nitrogen and oxygen atoms in total. The van der Waals surface area contributed by atoms with Crippen LogP contribution < -0.4 is 5.73 Å². The third-order valence-corrected chi connectivity index (χ3v) is 4.63. The van der Waals surface area contributed by atoms with E-state index in [-0.39, 0.29) is 0 Å². The Morgan fingerprint density at radius 1 is 1.53 bits per heavy atom. The quantitative estimate of drug-likeness (QED) is 0.640. The van der Waals surface area contributed by atoms with Crippen molar-refractivity contribution < 1.29 is 21.6 Å². The molecule has 0 amide bonds. The zero-order valence-corrected chi connectivity index (χ0v) is 9.30. The van der Waals surface area contributed by atoms with Gasteiger partial charge in [0.15, 0.2) is 4.91 Å². The van der Waals surface area contributed by atoms with E-state index in [1.165, 1.54) is 6.92 Å². The maximum absolute atomic E-state index is 11.3. The van der Waals surface area contributed by atoms with Crippen molar-refractivity contribution in [1.82, 2.24) is 0 Å². The van der Waals surface area contributed by atoms with Crippen molar-refractivity contribution in [2.75, 3.05) is 5.75 Å². The molecule has 0 saturated carbocycles. The van der Waals surface area contributed by atoms with E-state index in [2.05, 4.69) is 4.40 Å². The summed E-state index contributed by atoms with van der Waals surface area (Å²) < 4.78 is 47.5. The van der Waals surface area contributed by atoms with Crippen molar-refractivity contribution in [3.8, 4) is 0 Å². The lowest BCUT2D eigenvalue weighted by Crippen LogP contribution is -2.21. The average Bonchev–Trinajstić information content (AvgIpc) is 2.38. The topological polar surface area (TPSA) is 124 Å². The van der Waals surface area contributed by atoms with Crippen LogP contribution in [0.4, 0.5) is 0 Å². The summed E-state index contributed by atoms with van der Waals surface area (Å²) in [6, 6.07) is 0. The molecule has 1 aliphatic heterocycles. The first-order chi connectivity index (χ1) is 6.70. The van der Waals surface area contributed by atoms with E-state index in [4.69, 9.17) is 5.73 Å². The number of sulfonamides is 1. The number of sulfone groups is 1. The summed E-state index contributed by atoms with van der Waals surface area (Å²) in [5, 5.41) is -1.46. The van der Waals surface area contributed by atoms with E-state index in [1.807, 2.05) is 0 Å². The van der Waals surface area contributed by atoms with Crippen LogP contribution in [0.5, 0.6) is 0 Å². The summed E-state index contributed by atoms with van der Waals surface area (Å²) in [7, 11) is -8.32. The van der Waals surface area contributed by atoms with Gasteiger partial charge in [-0.2, -0.15) is 8.42 Å². The molecule has 1 heterocycles. The number of amidine groups is 1. The number of rotatable bonds is 2. The maximum Gasteiger partial charge on any atom is 0.290 e. The van der Waals surface area contributed by atoms with Gasteiger partial charge in [-0.05, 0) is 0 Å². The van der Waals surface area contributed by atoms with E-state index in [9.17, 15) is 21.6 Å². The predicted molar refractivity (Wildman–Crippen MR) is 53.1 cm³/mol.